The van der Waals surface area contributed by atoms with Crippen molar-refractivity contribution in [3.63, 3.8) is 0 Å². The molecule has 0 radical (unpaired) electrons. The number of rotatable bonds is 10. The van der Waals surface area contributed by atoms with Gasteiger partial charge in [-0.25, -0.2) is 0 Å². The molecule has 0 aromatic heterocycles. The number of carbonyl (C=O) groups is 2. The molecule has 0 spiro atoms. The molecule has 5 nitrogen and oxygen atoms in total. The molecule has 1 fully saturated rings. The van der Waals surface area contributed by atoms with Crippen molar-refractivity contribution in [1.29, 1.82) is 0 Å². The highest BCUT2D eigenvalue weighted by Crippen LogP contribution is 2.33. The van der Waals surface area contributed by atoms with Crippen molar-refractivity contribution in [3.05, 3.63) is 69.6 Å². The third-order valence-electron chi connectivity index (χ3n) is 4.62. The number of carboxylic acids is 1. The van der Waals surface area contributed by atoms with Crippen LogP contribution in [0.5, 0.6) is 5.75 Å². The van der Waals surface area contributed by atoms with Crippen LogP contribution in [0.4, 0.5) is 0 Å². The summed E-state index contributed by atoms with van der Waals surface area (Å²) in [5, 5.41) is 9.38. The summed E-state index contributed by atoms with van der Waals surface area (Å²) in [7, 11) is 0. The lowest BCUT2D eigenvalue weighted by Gasteiger charge is -2.13. The zero-order chi connectivity index (χ0) is 22.2. The largest absolute Gasteiger partial charge is 0.489 e. The van der Waals surface area contributed by atoms with Crippen molar-refractivity contribution in [2.45, 2.75) is 32.3 Å². The number of aliphatic carboxylic acids is 1. The molecule has 0 aliphatic carbocycles. The van der Waals surface area contributed by atoms with E-state index in [1.807, 2.05) is 54.6 Å². The minimum Gasteiger partial charge on any atom is -0.489 e. The summed E-state index contributed by atoms with van der Waals surface area (Å²) in [6.45, 7) is 0.927. The second-order valence-electron chi connectivity index (χ2n) is 7.03. The molecule has 1 heterocycles. The molecular formula is C23H22ClNO4S2. The van der Waals surface area contributed by atoms with Gasteiger partial charge < -0.3 is 9.84 Å². The number of hydrogen-bond acceptors (Lipinski definition) is 5. The van der Waals surface area contributed by atoms with Crippen LogP contribution in [0, 0.1) is 0 Å². The highest BCUT2D eigenvalue weighted by atomic mass is 35.5. The Bertz CT molecular complexity index is 991. The Morgan fingerprint density at radius 3 is 2.68 bits per heavy atom. The van der Waals surface area contributed by atoms with Crippen molar-refractivity contribution in [2.24, 2.45) is 0 Å². The zero-order valence-corrected chi connectivity index (χ0v) is 19.1. The molecule has 2 aromatic carbocycles. The Hall–Kier alpha value is -2.35. The summed E-state index contributed by atoms with van der Waals surface area (Å²) in [6, 6.07) is 15.0. The first-order chi connectivity index (χ1) is 14.9. The highest BCUT2D eigenvalue weighted by Gasteiger charge is 2.31. The monoisotopic (exact) mass is 475 g/mol. The number of amides is 1. The number of carbonyl (C=O) groups excluding carboxylic acids is 1. The maximum Gasteiger partial charge on any atom is 0.303 e. The summed E-state index contributed by atoms with van der Waals surface area (Å²) < 4.78 is 6.39. The zero-order valence-electron chi connectivity index (χ0n) is 16.8. The second-order valence-corrected chi connectivity index (χ2v) is 9.14. The van der Waals surface area contributed by atoms with E-state index in [4.69, 9.17) is 33.7 Å². The predicted molar refractivity (Wildman–Crippen MR) is 128 cm³/mol. The summed E-state index contributed by atoms with van der Waals surface area (Å²) in [4.78, 5) is 25.5. The van der Waals surface area contributed by atoms with Crippen molar-refractivity contribution in [3.8, 4) is 5.75 Å². The van der Waals surface area contributed by atoms with Crippen LogP contribution in [0.15, 0.2) is 53.4 Å². The van der Waals surface area contributed by atoms with Gasteiger partial charge in [0.1, 0.15) is 16.7 Å². The van der Waals surface area contributed by atoms with Gasteiger partial charge in [-0.15, -0.1) is 0 Å². The molecule has 8 heteroatoms. The Balaban J connectivity index is 1.57. The van der Waals surface area contributed by atoms with Gasteiger partial charge in [-0.3, -0.25) is 14.5 Å². The SMILES string of the molecule is O=C(O)CCCCCN1C(=O)/C(=C/c2cccc(OCc3ccc(Cl)cc3)c2)SC1=S. The number of unbranched alkanes of at least 4 members (excludes halogenated alkanes) is 2. The second kappa shape index (κ2) is 11.3. The summed E-state index contributed by atoms with van der Waals surface area (Å²) in [5.74, 6) is -0.203. The molecule has 31 heavy (non-hydrogen) atoms. The Labute approximate surface area is 196 Å². The smallest absolute Gasteiger partial charge is 0.303 e. The van der Waals surface area contributed by atoms with Crippen LogP contribution < -0.4 is 4.74 Å². The number of thiocarbonyl (C=S) groups is 1. The van der Waals surface area contributed by atoms with E-state index >= 15 is 0 Å². The maximum atomic E-state index is 12.7. The highest BCUT2D eigenvalue weighted by molar-refractivity contribution is 8.26. The number of ether oxygens (including phenoxy) is 1. The molecule has 1 amide bonds. The van der Waals surface area contributed by atoms with Gasteiger partial charge in [-0.1, -0.05) is 66.3 Å². The van der Waals surface area contributed by atoms with Crippen LogP contribution in [0.1, 0.15) is 36.8 Å². The molecule has 1 N–H and O–H groups in total. The van der Waals surface area contributed by atoms with Gasteiger partial charge in [-0.05, 0) is 54.3 Å². The Morgan fingerprint density at radius 1 is 1.16 bits per heavy atom. The molecule has 0 atom stereocenters. The summed E-state index contributed by atoms with van der Waals surface area (Å²) in [5.41, 5.74) is 1.87. The van der Waals surface area contributed by atoms with Crippen molar-refractivity contribution >= 4 is 57.9 Å². The van der Waals surface area contributed by atoms with E-state index in [0.717, 1.165) is 24.0 Å². The van der Waals surface area contributed by atoms with E-state index in [9.17, 15) is 9.59 Å². The van der Waals surface area contributed by atoms with Gasteiger partial charge in [-0.2, -0.15) is 0 Å². The predicted octanol–water partition coefficient (Wildman–Crippen LogP) is 5.77. The quantitative estimate of drug-likeness (QED) is 0.267. The van der Waals surface area contributed by atoms with Gasteiger partial charge in [0, 0.05) is 18.0 Å². The Morgan fingerprint density at radius 2 is 1.94 bits per heavy atom. The fourth-order valence-corrected chi connectivity index (χ4v) is 4.44. The fraction of sp³-hybridized carbons (Fsp3) is 0.261. The molecule has 1 aliphatic rings. The van der Waals surface area contributed by atoms with Gasteiger partial charge >= 0.3 is 5.97 Å². The number of carboxylic acid groups (broad SMARTS) is 1. The van der Waals surface area contributed by atoms with Crippen LogP contribution in [-0.4, -0.2) is 32.7 Å². The number of hydrogen-bond donors (Lipinski definition) is 1. The van der Waals surface area contributed by atoms with E-state index in [1.165, 1.54) is 11.8 Å². The first-order valence-electron chi connectivity index (χ1n) is 9.87. The van der Waals surface area contributed by atoms with E-state index < -0.39 is 5.97 Å². The standard InChI is InChI=1S/C23H22ClNO4S2/c24-18-10-8-16(9-11-18)15-29-19-6-4-5-17(13-19)14-20-22(28)25(23(30)31-20)12-3-1-2-7-21(26)27/h4-6,8-11,13-14H,1-3,7,12,15H2,(H,26,27)/b20-14-. The lowest BCUT2D eigenvalue weighted by Crippen LogP contribution is -2.29. The summed E-state index contributed by atoms with van der Waals surface area (Å²) in [6.07, 6.45) is 4.03. The topological polar surface area (TPSA) is 66.8 Å². The van der Waals surface area contributed by atoms with Crippen LogP contribution in [0.25, 0.3) is 6.08 Å². The average Bonchev–Trinajstić information content (AvgIpc) is 3.00. The number of nitrogens with zero attached hydrogens (tertiary/aromatic N) is 1. The molecular weight excluding hydrogens is 454 g/mol. The van der Waals surface area contributed by atoms with Crippen LogP contribution in [0.3, 0.4) is 0 Å². The molecule has 3 rings (SSSR count). The minimum atomic E-state index is -0.798. The first kappa shape index (κ1) is 23.3. The first-order valence-corrected chi connectivity index (χ1v) is 11.5. The Kier molecular flexibility index (Phi) is 8.51. The van der Waals surface area contributed by atoms with E-state index in [1.54, 1.807) is 4.90 Å². The van der Waals surface area contributed by atoms with Crippen LogP contribution in [0.2, 0.25) is 5.02 Å². The number of halogens is 1. The average molecular weight is 476 g/mol. The lowest BCUT2D eigenvalue weighted by molar-refractivity contribution is -0.137. The maximum absolute atomic E-state index is 12.7. The van der Waals surface area contributed by atoms with Gasteiger partial charge in [0.25, 0.3) is 5.91 Å². The van der Waals surface area contributed by atoms with Gasteiger partial charge in [0.05, 0.1) is 4.91 Å². The third kappa shape index (κ3) is 7.09. The number of benzene rings is 2. The van der Waals surface area contributed by atoms with Gasteiger partial charge in [0.2, 0.25) is 0 Å². The van der Waals surface area contributed by atoms with Crippen LogP contribution >= 0.6 is 35.6 Å². The molecule has 0 bridgehead atoms. The molecule has 0 saturated carbocycles. The molecule has 1 aliphatic heterocycles. The molecule has 2 aromatic rings. The lowest BCUT2D eigenvalue weighted by atomic mass is 10.2. The molecule has 162 valence electrons. The van der Waals surface area contributed by atoms with Crippen LogP contribution in [-0.2, 0) is 16.2 Å². The summed E-state index contributed by atoms with van der Waals surface area (Å²) >= 11 is 12.5. The third-order valence-corrected chi connectivity index (χ3v) is 6.25. The van der Waals surface area contributed by atoms with E-state index in [-0.39, 0.29) is 12.3 Å². The van der Waals surface area contributed by atoms with Gasteiger partial charge in [0.15, 0.2) is 0 Å². The van der Waals surface area contributed by atoms with Crippen molar-refractivity contribution < 1.29 is 19.4 Å². The molecule has 0 unspecified atom stereocenters. The minimum absolute atomic E-state index is 0.110. The van der Waals surface area contributed by atoms with E-state index in [2.05, 4.69) is 0 Å². The normalized spacial score (nSPS) is 15.0. The molecule has 1 saturated heterocycles. The van der Waals surface area contributed by atoms with E-state index in [0.29, 0.717) is 39.6 Å². The van der Waals surface area contributed by atoms with Crippen molar-refractivity contribution in [1.82, 2.24) is 4.90 Å². The number of thioether (sulfide) groups is 1. The fourth-order valence-electron chi connectivity index (χ4n) is 3.01. The van der Waals surface area contributed by atoms with Crippen molar-refractivity contribution in [2.75, 3.05) is 6.54 Å².